The maximum atomic E-state index is 5.49. The summed E-state index contributed by atoms with van der Waals surface area (Å²) in [6.45, 7) is 5.41. The molecule has 2 rings (SSSR count). The zero-order valence-corrected chi connectivity index (χ0v) is 8.05. The molecule has 0 saturated carbocycles. The molecule has 0 aromatic heterocycles. The summed E-state index contributed by atoms with van der Waals surface area (Å²) in [5, 5.41) is 0. The third-order valence-electron chi connectivity index (χ3n) is 3.27. The van der Waals surface area contributed by atoms with Crippen LogP contribution in [0, 0.1) is 0 Å². The fraction of sp³-hybridized carbons (Fsp3) is 1.00. The zero-order chi connectivity index (χ0) is 8.60. The monoisotopic (exact) mass is 170 g/mol. The van der Waals surface area contributed by atoms with E-state index in [0.29, 0.717) is 5.54 Å². The summed E-state index contributed by atoms with van der Waals surface area (Å²) in [7, 11) is 4.43. The summed E-state index contributed by atoms with van der Waals surface area (Å²) < 4.78 is 5.49. The molecule has 1 unspecified atom stereocenters. The van der Waals surface area contributed by atoms with E-state index in [9.17, 15) is 0 Å². The van der Waals surface area contributed by atoms with Crippen LogP contribution < -0.4 is 0 Å². The first-order chi connectivity index (χ1) is 5.73. The Labute approximate surface area is 74.3 Å². The lowest BCUT2D eigenvalue weighted by atomic mass is 9.94. The van der Waals surface area contributed by atoms with Crippen LogP contribution in [0.5, 0.6) is 0 Å². The number of nitrogens with zero attached hydrogens (tertiary/aromatic N) is 2. The van der Waals surface area contributed by atoms with Gasteiger partial charge in [0.25, 0.3) is 0 Å². The Bertz CT molecular complexity index is 166. The minimum Gasteiger partial charge on any atom is -0.379 e. The lowest BCUT2D eigenvalue weighted by Gasteiger charge is -2.45. The van der Waals surface area contributed by atoms with Gasteiger partial charge in [-0.3, -0.25) is 4.90 Å². The first-order valence-electron chi connectivity index (χ1n) is 4.70. The highest BCUT2D eigenvalue weighted by atomic mass is 16.5. The van der Waals surface area contributed by atoms with Crippen LogP contribution in [0.3, 0.4) is 0 Å². The second-order valence-corrected chi connectivity index (χ2v) is 4.19. The van der Waals surface area contributed by atoms with Crippen molar-refractivity contribution in [1.82, 2.24) is 9.80 Å². The number of rotatable bonds is 0. The lowest BCUT2D eigenvalue weighted by Crippen LogP contribution is -2.60. The minimum absolute atomic E-state index is 0.340. The van der Waals surface area contributed by atoms with Gasteiger partial charge in [0.1, 0.15) is 0 Å². The van der Waals surface area contributed by atoms with E-state index in [2.05, 4.69) is 23.9 Å². The number of ether oxygens (including phenoxy) is 1. The van der Waals surface area contributed by atoms with Crippen molar-refractivity contribution < 1.29 is 4.74 Å². The predicted molar refractivity (Wildman–Crippen MR) is 48.3 cm³/mol. The van der Waals surface area contributed by atoms with Crippen LogP contribution in [-0.4, -0.2) is 62.3 Å². The van der Waals surface area contributed by atoms with Gasteiger partial charge in [-0.05, 0) is 20.5 Å². The summed E-state index contributed by atoms with van der Waals surface area (Å²) in [6.07, 6.45) is 1.20. The predicted octanol–water partition coefficient (Wildman–Crippen LogP) is 0.0227. The summed E-state index contributed by atoms with van der Waals surface area (Å²) in [5.41, 5.74) is 0.340. The van der Waals surface area contributed by atoms with Gasteiger partial charge < -0.3 is 9.64 Å². The molecule has 1 atom stereocenters. The average Bonchev–Trinajstić information content (AvgIpc) is 2.48. The molecule has 0 aromatic rings. The average molecular weight is 170 g/mol. The largest absolute Gasteiger partial charge is 0.379 e. The van der Waals surface area contributed by atoms with Crippen molar-refractivity contribution in [1.29, 1.82) is 0 Å². The summed E-state index contributed by atoms with van der Waals surface area (Å²) >= 11 is 0. The molecular formula is C9H18N2O. The Hall–Kier alpha value is -0.120. The molecule has 2 aliphatic heterocycles. The molecule has 0 aliphatic carbocycles. The highest BCUT2D eigenvalue weighted by Crippen LogP contribution is 2.28. The van der Waals surface area contributed by atoms with E-state index in [0.717, 1.165) is 13.2 Å². The molecule has 0 bridgehead atoms. The summed E-state index contributed by atoms with van der Waals surface area (Å²) in [6, 6.07) is 0. The second kappa shape index (κ2) is 2.98. The minimum atomic E-state index is 0.340. The number of hydrogen-bond acceptors (Lipinski definition) is 3. The van der Waals surface area contributed by atoms with Crippen LogP contribution >= 0.6 is 0 Å². The van der Waals surface area contributed by atoms with Gasteiger partial charge in [0, 0.05) is 26.2 Å². The highest BCUT2D eigenvalue weighted by Gasteiger charge is 2.41. The fourth-order valence-corrected chi connectivity index (χ4v) is 2.28. The van der Waals surface area contributed by atoms with Crippen molar-refractivity contribution in [2.24, 2.45) is 0 Å². The van der Waals surface area contributed by atoms with Gasteiger partial charge in [-0.1, -0.05) is 0 Å². The number of piperazine rings is 1. The smallest absolute Gasteiger partial charge is 0.0663 e. The topological polar surface area (TPSA) is 15.7 Å². The first-order valence-corrected chi connectivity index (χ1v) is 4.70. The molecule has 0 amide bonds. The molecule has 70 valence electrons. The van der Waals surface area contributed by atoms with Crippen molar-refractivity contribution in [2.75, 3.05) is 46.9 Å². The van der Waals surface area contributed by atoms with Crippen LogP contribution in [0.25, 0.3) is 0 Å². The quantitative estimate of drug-likeness (QED) is 0.510. The Balaban J connectivity index is 2.09. The van der Waals surface area contributed by atoms with E-state index in [4.69, 9.17) is 4.74 Å². The molecule has 2 fully saturated rings. The van der Waals surface area contributed by atoms with Crippen LogP contribution in [0.4, 0.5) is 0 Å². The SMILES string of the molecule is CN1CCN(C)C2(CCOC2)C1. The third-order valence-corrected chi connectivity index (χ3v) is 3.27. The Morgan fingerprint density at radius 1 is 1.25 bits per heavy atom. The Morgan fingerprint density at radius 3 is 2.75 bits per heavy atom. The first kappa shape index (κ1) is 8.48. The van der Waals surface area contributed by atoms with Gasteiger partial charge in [-0.2, -0.15) is 0 Å². The maximum absolute atomic E-state index is 5.49. The number of hydrogen-bond donors (Lipinski definition) is 0. The van der Waals surface area contributed by atoms with Crippen LogP contribution in [-0.2, 0) is 4.74 Å². The molecule has 12 heavy (non-hydrogen) atoms. The van der Waals surface area contributed by atoms with Crippen molar-refractivity contribution >= 4 is 0 Å². The molecule has 0 aromatic carbocycles. The summed E-state index contributed by atoms with van der Waals surface area (Å²) in [4.78, 5) is 4.88. The van der Waals surface area contributed by atoms with Crippen LogP contribution in [0.2, 0.25) is 0 Å². The van der Waals surface area contributed by atoms with Gasteiger partial charge in [0.15, 0.2) is 0 Å². The molecule has 1 spiro atoms. The Morgan fingerprint density at radius 2 is 2.08 bits per heavy atom. The van der Waals surface area contributed by atoms with Crippen molar-refractivity contribution in [3.8, 4) is 0 Å². The van der Waals surface area contributed by atoms with Gasteiger partial charge in [-0.15, -0.1) is 0 Å². The number of likely N-dealkylation sites (N-methyl/N-ethyl adjacent to an activating group) is 2. The molecule has 2 saturated heterocycles. The van der Waals surface area contributed by atoms with Crippen LogP contribution in [0.1, 0.15) is 6.42 Å². The zero-order valence-electron chi connectivity index (χ0n) is 8.05. The Kier molecular flexibility index (Phi) is 2.10. The standard InChI is InChI=1S/C9H18N2O/c1-10-4-5-11(2)9(7-10)3-6-12-8-9/h3-8H2,1-2H3. The van der Waals surface area contributed by atoms with E-state index in [1.165, 1.54) is 26.1 Å². The van der Waals surface area contributed by atoms with E-state index in [1.807, 2.05) is 0 Å². The van der Waals surface area contributed by atoms with E-state index in [-0.39, 0.29) is 0 Å². The van der Waals surface area contributed by atoms with Gasteiger partial charge in [-0.25, -0.2) is 0 Å². The molecule has 2 aliphatic rings. The maximum Gasteiger partial charge on any atom is 0.0663 e. The molecule has 0 radical (unpaired) electrons. The lowest BCUT2D eigenvalue weighted by molar-refractivity contribution is 0.0181. The van der Waals surface area contributed by atoms with Crippen molar-refractivity contribution in [3.05, 3.63) is 0 Å². The van der Waals surface area contributed by atoms with E-state index < -0.39 is 0 Å². The normalized spacial score (nSPS) is 39.5. The van der Waals surface area contributed by atoms with Gasteiger partial charge >= 0.3 is 0 Å². The van der Waals surface area contributed by atoms with E-state index in [1.54, 1.807) is 0 Å². The molecule has 3 heteroatoms. The second-order valence-electron chi connectivity index (χ2n) is 4.19. The van der Waals surface area contributed by atoms with Crippen molar-refractivity contribution in [3.63, 3.8) is 0 Å². The van der Waals surface area contributed by atoms with Crippen LogP contribution in [0.15, 0.2) is 0 Å². The third kappa shape index (κ3) is 1.26. The molecule has 2 heterocycles. The highest BCUT2D eigenvalue weighted by molar-refractivity contribution is 4.97. The van der Waals surface area contributed by atoms with E-state index >= 15 is 0 Å². The van der Waals surface area contributed by atoms with Gasteiger partial charge in [0.2, 0.25) is 0 Å². The molecule has 0 N–H and O–H groups in total. The molecule has 3 nitrogen and oxygen atoms in total. The van der Waals surface area contributed by atoms with Crippen molar-refractivity contribution in [2.45, 2.75) is 12.0 Å². The summed E-state index contributed by atoms with van der Waals surface area (Å²) in [5.74, 6) is 0. The fourth-order valence-electron chi connectivity index (χ4n) is 2.28. The van der Waals surface area contributed by atoms with Gasteiger partial charge in [0.05, 0.1) is 12.1 Å². The molecular weight excluding hydrogens is 152 g/mol.